The number of thiazole rings is 1. The van der Waals surface area contributed by atoms with Crippen LogP contribution in [-0.4, -0.2) is 112 Å². The fraction of sp³-hybridized carbons (Fsp3) is 0.391. The predicted octanol–water partition coefficient (Wildman–Crippen LogP) is 4.00. The van der Waals surface area contributed by atoms with Crippen LogP contribution in [0.15, 0.2) is 72.5 Å². The molecule has 0 unspecified atom stereocenters. The average molecular weight is 895 g/mol. The van der Waals surface area contributed by atoms with Crippen LogP contribution in [-0.2, 0) is 46.3 Å². The van der Waals surface area contributed by atoms with Crippen LogP contribution >= 0.6 is 11.3 Å². The monoisotopic (exact) mass is 894 g/mol. The van der Waals surface area contributed by atoms with Gasteiger partial charge in [-0.1, -0.05) is 30.8 Å². The highest BCUT2D eigenvalue weighted by Gasteiger charge is 2.32. The molecule has 0 saturated carbocycles. The molecule has 1 aliphatic heterocycles. The maximum atomic E-state index is 14.6. The lowest BCUT2D eigenvalue weighted by atomic mass is 9.97. The van der Waals surface area contributed by atoms with E-state index < -0.39 is 65.0 Å². The molecule has 5 aromatic rings. The summed E-state index contributed by atoms with van der Waals surface area (Å²) in [5.74, 6) is -4.33. The van der Waals surface area contributed by atoms with E-state index in [1.54, 1.807) is 18.5 Å². The molecule has 0 radical (unpaired) electrons. The van der Waals surface area contributed by atoms with Gasteiger partial charge in [0.25, 0.3) is 11.8 Å². The lowest BCUT2D eigenvalue weighted by Crippen LogP contribution is -2.53. The van der Waals surface area contributed by atoms with E-state index in [2.05, 4.69) is 42.8 Å². The third-order valence-electron chi connectivity index (χ3n) is 10.8. The standard InChI is InChI=1S/C46H54N8O9S/c1-25-41(58)50-26(2)45(61)54(6)22-30(55)17-29(23-63-46(3,4)5)44-53-36(24-64-44)43(60)52-35(18-27-20-47-32-12-9-8-11-31(27)32)42(59)51-34(37(56)15-16-39(57)49-25)19-28-21-48-33-13-10-14-38(62-7)40(28)33/h8-14,20-21,24-25,29,34-35,47-48H,2,15-19,22-23H2,1,3-7H3,(H,49,57)(H,50,58)(H,51,59)(H,52,60)/t25-,29-,34+,35+/m1/s1. The molecule has 0 saturated heterocycles. The summed E-state index contributed by atoms with van der Waals surface area (Å²) >= 11 is 1.15. The second kappa shape index (κ2) is 20.2. The fourth-order valence-electron chi connectivity index (χ4n) is 7.40. The minimum absolute atomic E-state index is 0.00233. The van der Waals surface area contributed by atoms with Crippen molar-refractivity contribution in [3.63, 3.8) is 0 Å². The molecule has 5 amide bonds. The predicted molar refractivity (Wildman–Crippen MR) is 241 cm³/mol. The van der Waals surface area contributed by atoms with Gasteiger partial charge in [-0.25, -0.2) is 4.98 Å². The Hall–Kier alpha value is -6.66. The zero-order valence-electron chi connectivity index (χ0n) is 36.7. The number of rotatable bonds is 7. The van der Waals surface area contributed by atoms with E-state index in [9.17, 15) is 33.6 Å². The number of methoxy groups -OCH3 is 1. The number of ketones is 2. The van der Waals surface area contributed by atoms with Crippen molar-refractivity contribution in [2.24, 2.45) is 0 Å². The molecular weight excluding hydrogens is 841 g/mol. The van der Waals surface area contributed by atoms with E-state index in [4.69, 9.17) is 9.47 Å². The molecule has 64 heavy (non-hydrogen) atoms. The molecule has 6 rings (SSSR count). The molecule has 2 aromatic carbocycles. The average Bonchev–Trinajstić information content (AvgIpc) is 4.02. The van der Waals surface area contributed by atoms with Gasteiger partial charge in [0.2, 0.25) is 17.7 Å². The van der Waals surface area contributed by atoms with Crippen LogP contribution in [0, 0.1) is 0 Å². The first kappa shape index (κ1) is 46.8. The number of aromatic nitrogens is 3. The SMILES string of the molecule is C=C1NC(=O)[C@@H](C)NC(=O)CCC(=O)[C@H](Cc2c[nH]c3cccc(OC)c23)NC(=O)[C@H](Cc2c[nH]c3ccccc23)NC(=O)c2csc(n2)[C@@H](COC(C)(C)C)CC(=O)CN(C)C1=O. The molecule has 18 heteroatoms. The van der Waals surface area contributed by atoms with Gasteiger partial charge in [-0.3, -0.25) is 33.6 Å². The Labute approximate surface area is 374 Å². The highest BCUT2D eigenvalue weighted by atomic mass is 32.1. The highest BCUT2D eigenvalue weighted by molar-refractivity contribution is 7.10. The van der Waals surface area contributed by atoms with E-state index in [0.29, 0.717) is 21.7 Å². The minimum Gasteiger partial charge on any atom is -0.496 e. The molecule has 6 N–H and O–H groups in total. The van der Waals surface area contributed by atoms with Gasteiger partial charge in [0, 0.05) is 84.6 Å². The molecule has 4 heterocycles. The molecule has 2 bridgehead atoms. The molecule has 0 spiro atoms. The van der Waals surface area contributed by atoms with E-state index in [1.807, 2.05) is 57.2 Å². The van der Waals surface area contributed by atoms with Gasteiger partial charge in [-0.05, 0) is 57.0 Å². The van der Waals surface area contributed by atoms with E-state index >= 15 is 0 Å². The van der Waals surface area contributed by atoms with Crippen molar-refractivity contribution in [3.05, 3.63) is 94.3 Å². The number of H-pyrrole nitrogens is 2. The van der Waals surface area contributed by atoms with Crippen molar-refractivity contribution in [2.75, 3.05) is 27.3 Å². The molecule has 17 nitrogen and oxygen atoms in total. The van der Waals surface area contributed by atoms with Crippen molar-refractivity contribution < 1.29 is 43.0 Å². The van der Waals surface area contributed by atoms with Crippen LogP contribution in [0.5, 0.6) is 5.75 Å². The number of aromatic amines is 2. The Kier molecular flexibility index (Phi) is 14.8. The molecular formula is C46H54N8O9S. The summed E-state index contributed by atoms with van der Waals surface area (Å²) in [6.07, 6.45) is 2.74. The number of hydrogen-bond acceptors (Lipinski definition) is 11. The molecule has 0 aliphatic carbocycles. The second-order valence-corrected chi connectivity index (χ2v) is 17.8. The van der Waals surface area contributed by atoms with Gasteiger partial charge < -0.3 is 45.6 Å². The summed E-state index contributed by atoms with van der Waals surface area (Å²) in [4.78, 5) is 108. The zero-order valence-corrected chi connectivity index (χ0v) is 37.5. The molecule has 4 atom stereocenters. The van der Waals surface area contributed by atoms with Gasteiger partial charge in [0.1, 0.15) is 23.5 Å². The van der Waals surface area contributed by atoms with Crippen molar-refractivity contribution in [1.82, 2.24) is 41.1 Å². The normalized spacial score (nSPS) is 20.8. The Morgan fingerprint density at radius 2 is 1.56 bits per heavy atom. The van der Waals surface area contributed by atoms with E-state index in [-0.39, 0.29) is 62.4 Å². The van der Waals surface area contributed by atoms with Crippen LogP contribution in [0.25, 0.3) is 21.8 Å². The van der Waals surface area contributed by atoms with Crippen LogP contribution in [0.1, 0.15) is 79.5 Å². The summed E-state index contributed by atoms with van der Waals surface area (Å²) < 4.78 is 11.7. The number of para-hydroxylation sites is 1. The molecule has 0 fully saturated rings. The van der Waals surface area contributed by atoms with Gasteiger partial charge in [0.05, 0.1) is 42.6 Å². The van der Waals surface area contributed by atoms with Gasteiger partial charge in [0.15, 0.2) is 11.6 Å². The quantitative estimate of drug-likeness (QED) is 0.129. The fourth-order valence-corrected chi connectivity index (χ4v) is 8.29. The summed E-state index contributed by atoms with van der Waals surface area (Å²) in [7, 11) is 2.92. The largest absolute Gasteiger partial charge is 0.496 e. The van der Waals surface area contributed by atoms with Crippen molar-refractivity contribution in [2.45, 2.75) is 89.4 Å². The number of likely N-dealkylation sites (N-methyl/N-ethyl adjacent to an activating group) is 1. The Morgan fingerprint density at radius 1 is 0.859 bits per heavy atom. The number of hydrogen-bond donors (Lipinski definition) is 6. The first-order valence-corrected chi connectivity index (χ1v) is 21.8. The number of benzene rings is 2. The first-order chi connectivity index (χ1) is 30.4. The number of nitrogens with zero attached hydrogens (tertiary/aromatic N) is 2. The van der Waals surface area contributed by atoms with Gasteiger partial charge in [-0.2, -0.15) is 0 Å². The van der Waals surface area contributed by atoms with E-state index in [0.717, 1.165) is 38.2 Å². The minimum atomic E-state index is -1.22. The molecule has 338 valence electrons. The Morgan fingerprint density at radius 3 is 2.31 bits per heavy atom. The second-order valence-electron chi connectivity index (χ2n) is 16.9. The summed E-state index contributed by atoms with van der Waals surface area (Å²) in [5.41, 5.74) is 2.05. The third kappa shape index (κ3) is 11.7. The number of ether oxygens (including phenoxy) is 2. The van der Waals surface area contributed by atoms with E-state index in [1.165, 1.54) is 26.5 Å². The van der Waals surface area contributed by atoms with Crippen LogP contribution in [0.2, 0.25) is 0 Å². The molecule has 3 aromatic heterocycles. The lowest BCUT2D eigenvalue weighted by Gasteiger charge is -2.24. The maximum absolute atomic E-state index is 14.6. The van der Waals surface area contributed by atoms with Crippen molar-refractivity contribution >= 4 is 74.2 Å². The Balaban J connectivity index is 1.37. The smallest absolute Gasteiger partial charge is 0.271 e. The maximum Gasteiger partial charge on any atom is 0.271 e. The topological polar surface area (TPSA) is 234 Å². The summed E-state index contributed by atoms with van der Waals surface area (Å²) in [5, 5.41) is 14.2. The van der Waals surface area contributed by atoms with Gasteiger partial charge >= 0.3 is 0 Å². The van der Waals surface area contributed by atoms with Crippen LogP contribution in [0.4, 0.5) is 0 Å². The lowest BCUT2D eigenvalue weighted by molar-refractivity contribution is -0.133. The number of amides is 5. The number of carbonyl (C=O) groups excluding carboxylic acids is 7. The third-order valence-corrected chi connectivity index (χ3v) is 11.8. The summed E-state index contributed by atoms with van der Waals surface area (Å²) in [6.45, 7) is 10.4. The first-order valence-electron chi connectivity index (χ1n) is 20.9. The Bertz CT molecular complexity index is 2590. The van der Waals surface area contributed by atoms with Crippen molar-refractivity contribution in [3.8, 4) is 5.75 Å². The van der Waals surface area contributed by atoms with Gasteiger partial charge in [-0.15, -0.1) is 11.3 Å². The molecule has 1 aliphatic rings. The van der Waals surface area contributed by atoms with Crippen molar-refractivity contribution in [1.29, 1.82) is 0 Å². The number of nitrogens with one attached hydrogen (secondary N) is 6. The zero-order chi connectivity index (χ0) is 46.3. The number of Topliss-reactive ketones (excluding diaryl/α,β-unsaturated/α-hetero) is 2. The number of fused-ring (bicyclic) bond motifs is 4. The van der Waals surface area contributed by atoms with Crippen LogP contribution in [0.3, 0.4) is 0 Å². The summed E-state index contributed by atoms with van der Waals surface area (Å²) in [6, 6.07) is 9.42. The number of carbonyl (C=O) groups is 7. The highest BCUT2D eigenvalue weighted by Crippen LogP contribution is 2.30. The van der Waals surface area contributed by atoms with Crippen LogP contribution < -0.4 is 26.0 Å².